The summed E-state index contributed by atoms with van der Waals surface area (Å²) in [6.45, 7) is 0. The fourth-order valence-corrected chi connectivity index (χ4v) is 0. The minimum atomic E-state index is 0. The second-order valence-corrected chi connectivity index (χ2v) is 28.2. The second-order valence-electron chi connectivity index (χ2n) is 0.0714. The fraction of sp³-hybridized carbons (Fsp3) is 0. The Balaban J connectivity index is 0. The van der Waals surface area contributed by atoms with E-state index in [9.17, 15) is 0 Å². The smallest absolute Gasteiger partial charge is 0 e. The maximum Gasteiger partial charge on any atom is 0 e. The molecule has 0 aliphatic rings. The first-order valence-electron chi connectivity index (χ1n) is 0.378. The Morgan fingerprint density at radius 2 is 1.25 bits per heavy atom. The Labute approximate surface area is 72.9 Å². The Kier molecular flexibility index (Phi) is 24.3. The van der Waals surface area contributed by atoms with E-state index in [0.29, 0.717) is 0 Å². The van der Waals surface area contributed by atoms with E-state index in [1.807, 2.05) is 0 Å². The molecule has 0 saturated carbocycles. The molecule has 0 unspecified atom stereocenters. The first-order valence-corrected chi connectivity index (χ1v) is 22.2. The van der Waals surface area contributed by atoms with Crippen molar-refractivity contribution in [2.75, 3.05) is 0 Å². The van der Waals surface area contributed by atoms with Crippen LogP contribution in [0.25, 0.3) is 0 Å². The van der Waals surface area contributed by atoms with Gasteiger partial charge in [-0.05, 0) is 0 Å². The van der Waals surface area contributed by atoms with E-state index in [4.69, 9.17) is 0 Å². The Morgan fingerprint density at radius 1 is 1.25 bits per heavy atom. The van der Waals surface area contributed by atoms with Crippen LogP contribution >= 0.6 is 35.5 Å². The van der Waals surface area contributed by atoms with Gasteiger partial charge in [-0.25, -0.2) is 0 Å². The van der Waals surface area contributed by atoms with Crippen molar-refractivity contribution in [1.82, 2.24) is 0 Å². The molecule has 0 amide bonds. The molecule has 0 aromatic rings. The van der Waals surface area contributed by atoms with Crippen LogP contribution in [0.1, 0.15) is 0 Å². The third kappa shape index (κ3) is 8.95. The van der Waals surface area contributed by atoms with Crippen molar-refractivity contribution in [3.8, 4) is 0 Å². The van der Waals surface area contributed by atoms with E-state index in [0.717, 1.165) is 0 Å². The van der Waals surface area contributed by atoms with Gasteiger partial charge < -0.3 is 0 Å². The van der Waals surface area contributed by atoms with Crippen molar-refractivity contribution in [2.45, 2.75) is 0 Å². The number of hydrogen-bond donors (Lipinski definition) is 0. The molecule has 0 nitrogen and oxygen atoms in total. The third-order valence-electron chi connectivity index (χ3n) is 0. The van der Waals surface area contributed by atoms with Gasteiger partial charge in [0.15, 0.2) is 0 Å². The molecule has 0 fully saturated rings. The van der Waals surface area contributed by atoms with Crippen LogP contribution in [0, 0.1) is 0 Å². The largest absolute Gasteiger partial charge is 0 e. The van der Waals surface area contributed by atoms with Gasteiger partial charge in [0.25, 0.3) is 0 Å². The van der Waals surface area contributed by atoms with Crippen LogP contribution in [-0.2, 0) is 0 Å². The Bertz CT molecular complexity index is 6.00. The average Bonchev–Trinajstić information content (AvgIpc) is 0.918. The standard InChI is InChI=1S/2HI.Pb.Sn/h2*1H;;/q;;+2;/p-2. The summed E-state index contributed by atoms with van der Waals surface area (Å²) in [5.74, 6) is 0. The summed E-state index contributed by atoms with van der Waals surface area (Å²) in [5, 5.41) is 0. The summed E-state index contributed by atoms with van der Waals surface area (Å²) >= 11 is 4.96. The number of rotatable bonds is 0. The quantitative estimate of drug-likeness (QED) is 0.297. The van der Waals surface area contributed by atoms with E-state index in [-0.39, 0.29) is 39.6 Å². The molecule has 0 aromatic carbocycles. The van der Waals surface area contributed by atoms with Crippen LogP contribution in [-0.4, -0.2) is 39.6 Å². The number of hydrogen-bond acceptors (Lipinski definition) is 0. The molecule has 0 N–H and O–H groups in total. The topological polar surface area (TPSA) is 0 Å². The zero-order chi connectivity index (χ0) is 2.71. The van der Waals surface area contributed by atoms with E-state index in [1.54, 1.807) is 0 Å². The molecular weight excluding hydrogens is 580 g/mol. The molecular formula is I2PbSn. The molecule has 0 spiro atoms. The molecule has 4 heavy (non-hydrogen) atoms. The van der Waals surface area contributed by atoms with E-state index in [1.165, 1.54) is 0 Å². The Morgan fingerprint density at radius 3 is 1.25 bits per heavy atom. The van der Waals surface area contributed by atoms with Gasteiger partial charge in [0, 0.05) is 23.9 Å². The maximum atomic E-state index is 2.47. The normalized spacial score (nSPS) is 4.50. The van der Waals surface area contributed by atoms with Crippen molar-refractivity contribution >= 4 is 75.1 Å². The summed E-state index contributed by atoms with van der Waals surface area (Å²) < 4.78 is 0. The first kappa shape index (κ1) is 10.2. The van der Waals surface area contributed by atoms with Crippen LogP contribution < -0.4 is 0 Å². The van der Waals surface area contributed by atoms with E-state index < -0.39 is 0 Å². The molecule has 0 aromatic heterocycles. The average molecular weight is 580 g/mol. The van der Waals surface area contributed by atoms with Crippen molar-refractivity contribution in [1.29, 1.82) is 0 Å². The third-order valence-corrected chi connectivity index (χ3v) is 0. The van der Waals surface area contributed by atoms with Crippen LogP contribution in [0.4, 0.5) is 0 Å². The predicted octanol–water partition coefficient (Wildman–Crippen LogP) is 1.01. The fourth-order valence-electron chi connectivity index (χ4n) is 0. The maximum absolute atomic E-state index is 2.47. The molecule has 0 bridgehead atoms. The molecule has 0 atom stereocenters. The van der Waals surface area contributed by atoms with Gasteiger partial charge >= 0.3 is 51.2 Å². The van der Waals surface area contributed by atoms with Gasteiger partial charge in [-0.1, -0.05) is 0 Å². The van der Waals surface area contributed by atoms with E-state index >= 15 is 0 Å². The SMILES string of the molecule is [I][Pb][I].[Sn]. The second kappa shape index (κ2) is 9.49. The Hall–Kier alpha value is 3.18. The summed E-state index contributed by atoms with van der Waals surface area (Å²) in [4.78, 5) is 0. The van der Waals surface area contributed by atoms with Crippen LogP contribution in [0.15, 0.2) is 0 Å². The predicted molar refractivity (Wildman–Crippen MR) is 39.5 cm³/mol. The molecule has 0 rings (SSSR count). The van der Waals surface area contributed by atoms with Gasteiger partial charge in [0.2, 0.25) is 0 Å². The van der Waals surface area contributed by atoms with Crippen LogP contribution in [0.3, 0.4) is 0 Å². The summed E-state index contributed by atoms with van der Waals surface area (Å²) in [6, 6.07) is 0. The van der Waals surface area contributed by atoms with Crippen molar-refractivity contribution in [3.05, 3.63) is 0 Å². The minimum absolute atomic E-state index is 0. The van der Waals surface area contributed by atoms with Crippen molar-refractivity contribution < 1.29 is 0 Å². The van der Waals surface area contributed by atoms with Gasteiger partial charge in [-0.15, -0.1) is 0 Å². The zero-order valence-electron chi connectivity index (χ0n) is 1.76. The molecule has 22 valence electrons. The van der Waals surface area contributed by atoms with Crippen molar-refractivity contribution in [3.63, 3.8) is 0 Å². The number of halogens is 2. The van der Waals surface area contributed by atoms with Gasteiger partial charge in [-0.3, -0.25) is 0 Å². The van der Waals surface area contributed by atoms with Gasteiger partial charge in [0.1, 0.15) is 0 Å². The summed E-state index contributed by atoms with van der Waals surface area (Å²) in [5.41, 5.74) is 0. The van der Waals surface area contributed by atoms with Crippen molar-refractivity contribution in [2.24, 2.45) is 0 Å². The van der Waals surface area contributed by atoms with E-state index in [2.05, 4.69) is 35.5 Å². The molecule has 0 heterocycles. The monoisotopic (exact) mass is 582 g/mol. The van der Waals surface area contributed by atoms with Gasteiger partial charge in [0.05, 0.1) is 0 Å². The zero-order valence-corrected chi connectivity index (χ0v) is 12.8. The van der Waals surface area contributed by atoms with Gasteiger partial charge in [-0.2, -0.15) is 0 Å². The molecule has 4 heteroatoms. The molecule has 0 saturated heterocycles. The summed E-state index contributed by atoms with van der Waals surface area (Å²) in [7, 11) is 0. The molecule has 6 radical (unpaired) electrons. The molecule has 0 aliphatic heterocycles. The minimum Gasteiger partial charge on any atom is 0 e. The first-order chi connectivity index (χ1) is 1.41. The van der Waals surface area contributed by atoms with Crippen LogP contribution in [0.2, 0.25) is 0 Å². The van der Waals surface area contributed by atoms with Crippen LogP contribution in [0.5, 0.6) is 0 Å². The summed E-state index contributed by atoms with van der Waals surface area (Å²) in [6.07, 6.45) is 0. The molecule has 0 aliphatic carbocycles.